The summed E-state index contributed by atoms with van der Waals surface area (Å²) < 4.78 is 42.3. The van der Waals surface area contributed by atoms with Crippen LogP contribution in [-0.4, -0.2) is 46.5 Å². The van der Waals surface area contributed by atoms with Crippen molar-refractivity contribution >= 4 is 16.9 Å². The summed E-state index contributed by atoms with van der Waals surface area (Å²) in [5.74, 6) is -1.25. The number of carboxylic acids is 1. The maximum Gasteiger partial charge on any atom is 0.490 e. The molecule has 29 heavy (non-hydrogen) atoms. The Hall–Kier alpha value is -3.14. The average Bonchev–Trinajstić information content (AvgIpc) is 3.05. The highest BCUT2D eigenvalue weighted by atomic mass is 19.4. The molecule has 0 radical (unpaired) electrons. The molecule has 3 rings (SSSR count). The van der Waals surface area contributed by atoms with E-state index in [1.165, 1.54) is 5.56 Å². The zero-order valence-corrected chi connectivity index (χ0v) is 16.0. The predicted octanol–water partition coefficient (Wildman–Crippen LogP) is 3.81. The first kappa shape index (κ1) is 22.2. The Kier molecular flexibility index (Phi) is 7.16. The van der Waals surface area contributed by atoms with Crippen molar-refractivity contribution < 1.29 is 32.3 Å². The van der Waals surface area contributed by atoms with Gasteiger partial charge < -0.3 is 14.4 Å². The smallest absolute Gasteiger partial charge is 0.481 e. The fourth-order valence-electron chi connectivity index (χ4n) is 2.56. The Bertz CT molecular complexity index is 973. The van der Waals surface area contributed by atoms with Gasteiger partial charge in [0.05, 0.1) is 24.9 Å². The quantitative estimate of drug-likeness (QED) is 0.683. The van der Waals surface area contributed by atoms with Gasteiger partial charge in [-0.25, -0.2) is 9.78 Å². The van der Waals surface area contributed by atoms with Gasteiger partial charge in [0.1, 0.15) is 0 Å². The Labute approximate surface area is 164 Å². The maximum absolute atomic E-state index is 10.6. The number of aryl methyl sites for hydroxylation is 1. The number of nitrogens with zero attached hydrogens (tertiary/aromatic N) is 3. The van der Waals surface area contributed by atoms with Gasteiger partial charge in [0.2, 0.25) is 5.88 Å². The number of fused-ring (bicyclic) bond motifs is 1. The molecule has 10 heteroatoms. The monoisotopic (exact) mass is 411 g/mol. The third-order valence-electron chi connectivity index (χ3n) is 3.77. The number of pyridine rings is 1. The van der Waals surface area contributed by atoms with Gasteiger partial charge >= 0.3 is 12.1 Å². The number of ether oxygens (including phenoxy) is 1. The van der Waals surface area contributed by atoms with E-state index in [1.54, 1.807) is 7.11 Å². The van der Waals surface area contributed by atoms with Gasteiger partial charge in [-0.1, -0.05) is 23.4 Å². The standard InChI is InChI=1S/C17H19N3O2.C2HF3O2/c1-12-8-14(22-19-12)11-20(2)10-13-9-17(21-3)18-16-7-5-4-6-15(13)16;3-2(4,5)1(6)7/h4-9H,10-11H2,1-3H3;(H,6,7). The summed E-state index contributed by atoms with van der Waals surface area (Å²) in [5.41, 5.74) is 3.03. The van der Waals surface area contributed by atoms with Crippen molar-refractivity contribution in [2.45, 2.75) is 26.2 Å². The van der Waals surface area contributed by atoms with Crippen molar-refractivity contribution in [3.05, 3.63) is 53.4 Å². The zero-order chi connectivity index (χ0) is 21.6. The molecule has 0 aliphatic carbocycles. The molecule has 156 valence electrons. The van der Waals surface area contributed by atoms with E-state index < -0.39 is 12.1 Å². The number of hydrogen-bond acceptors (Lipinski definition) is 6. The molecule has 1 N–H and O–H groups in total. The number of carboxylic acid groups (broad SMARTS) is 1. The lowest BCUT2D eigenvalue weighted by atomic mass is 10.1. The molecule has 3 aromatic rings. The second-order valence-corrected chi connectivity index (χ2v) is 6.25. The topological polar surface area (TPSA) is 88.7 Å². The largest absolute Gasteiger partial charge is 0.490 e. The summed E-state index contributed by atoms with van der Waals surface area (Å²) in [4.78, 5) is 15.6. The number of benzene rings is 1. The van der Waals surface area contributed by atoms with Crippen LogP contribution in [-0.2, 0) is 17.9 Å². The molecule has 2 aromatic heterocycles. The van der Waals surface area contributed by atoms with Gasteiger partial charge in [-0.2, -0.15) is 13.2 Å². The highest BCUT2D eigenvalue weighted by molar-refractivity contribution is 5.82. The van der Waals surface area contributed by atoms with E-state index >= 15 is 0 Å². The van der Waals surface area contributed by atoms with Crippen LogP contribution in [0.1, 0.15) is 17.0 Å². The molecule has 0 atom stereocenters. The minimum Gasteiger partial charge on any atom is -0.481 e. The molecule has 2 heterocycles. The Morgan fingerprint density at radius 2 is 1.90 bits per heavy atom. The molecule has 0 unspecified atom stereocenters. The molecule has 0 aliphatic rings. The highest BCUT2D eigenvalue weighted by Crippen LogP contribution is 2.23. The highest BCUT2D eigenvalue weighted by Gasteiger charge is 2.38. The molecule has 0 saturated carbocycles. The number of aliphatic carboxylic acids is 1. The maximum atomic E-state index is 10.6. The number of para-hydroxylation sites is 1. The van der Waals surface area contributed by atoms with E-state index in [1.807, 2.05) is 37.3 Å². The molecule has 0 spiro atoms. The molecule has 0 fully saturated rings. The van der Waals surface area contributed by atoms with Crippen molar-refractivity contribution in [1.82, 2.24) is 15.0 Å². The van der Waals surface area contributed by atoms with Gasteiger partial charge in [0, 0.05) is 24.1 Å². The minimum absolute atomic E-state index is 0.637. The molecule has 0 aliphatic heterocycles. The van der Waals surface area contributed by atoms with Gasteiger partial charge in [-0.3, -0.25) is 4.90 Å². The molecule has 7 nitrogen and oxygen atoms in total. The van der Waals surface area contributed by atoms with E-state index in [4.69, 9.17) is 19.2 Å². The van der Waals surface area contributed by atoms with Crippen LogP contribution in [0.2, 0.25) is 0 Å². The molecular formula is C19H20F3N3O4. The van der Waals surface area contributed by atoms with Gasteiger partial charge in [-0.15, -0.1) is 0 Å². The van der Waals surface area contributed by atoms with E-state index in [-0.39, 0.29) is 0 Å². The van der Waals surface area contributed by atoms with Crippen molar-refractivity contribution in [3.8, 4) is 5.88 Å². The first-order valence-electron chi connectivity index (χ1n) is 8.43. The van der Waals surface area contributed by atoms with Crippen molar-refractivity contribution in [3.63, 3.8) is 0 Å². The van der Waals surface area contributed by atoms with E-state index in [0.29, 0.717) is 12.4 Å². The Morgan fingerprint density at radius 1 is 1.24 bits per heavy atom. The van der Waals surface area contributed by atoms with Gasteiger partial charge in [0.15, 0.2) is 5.76 Å². The second kappa shape index (κ2) is 9.37. The first-order valence-corrected chi connectivity index (χ1v) is 8.43. The van der Waals surface area contributed by atoms with Crippen LogP contribution in [0.5, 0.6) is 5.88 Å². The average molecular weight is 411 g/mol. The van der Waals surface area contributed by atoms with Crippen LogP contribution in [0.3, 0.4) is 0 Å². The predicted molar refractivity (Wildman–Crippen MR) is 98.4 cm³/mol. The Morgan fingerprint density at radius 3 is 2.45 bits per heavy atom. The van der Waals surface area contributed by atoms with Crippen LogP contribution >= 0.6 is 0 Å². The SMILES string of the molecule is COc1cc(CN(C)Cc2cc(C)no2)c2ccccc2n1.O=C(O)C(F)(F)F. The van der Waals surface area contributed by atoms with Crippen molar-refractivity contribution in [1.29, 1.82) is 0 Å². The van der Waals surface area contributed by atoms with Crippen LogP contribution in [0.25, 0.3) is 10.9 Å². The third-order valence-corrected chi connectivity index (χ3v) is 3.77. The lowest BCUT2D eigenvalue weighted by Crippen LogP contribution is -2.21. The minimum atomic E-state index is -5.08. The molecular weight excluding hydrogens is 391 g/mol. The van der Waals surface area contributed by atoms with Gasteiger partial charge in [0.25, 0.3) is 0 Å². The fourth-order valence-corrected chi connectivity index (χ4v) is 2.56. The summed E-state index contributed by atoms with van der Waals surface area (Å²) in [6, 6.07) is 12.1. The number of rotatable bonds is 5. The first-order chi connectivity index (χ1) is 13.6. The third kappa shape index (κ3) is 6.46. The van der Waals surface area contributed by atoms with Crippen LogP contribution in [0, 0.1) is 6.92 Å². The zero-order valence-electron chi connectivity index (χ0n) is 16.0. The lowest BCUT2D eigenvalue weighted by Gasteiger charge is -2.17. The fraction of sp³-hybridized carbons (Fsp3) is 0.316. The normalized spacial score (nSPS) is 11.3. The number of methoxy groups -OCH3 is 1. The second-order valence-electron chi connectivity index (χ2n) is 6.25. The Balaban J connectivity index is 0.000000370. The molecule has 1 aromatic carbocycles. The van der Waals surface area contributed by atoms with E-state index in [0.717, 1.165) is 28.9 Å². The number of hydrogen-bond donors (Lipinski definition) is 1. The number of halogens is 3. The van der Waals surface area contributed by atoms with Crippen LogP contribution in [0.4, 0.5) is 13.2 Å². The van der Waals surface area contributed by atoms with Crippen LogP contribution < -0.4 is 4.74 Å². The van der Waals surface area contributed by atoms with E-state index in [2.05, 4.69) is 28.2 Å². The summed E-state index contributed by atoms with van der Waals surface area (Å²) in [6.45, 7) is 3.41. The number of alkyl halides is 3. The lowest BCUT2D eigenvalue weighted by molar-refractivity contribution is -0.192. The van der Waals surface area contributed by atoms with Crippen LogP contribution in [0.15, 0.2) is 40.9 Å². The molecule has 0 bridgehead atoms. The summed E-state index contributed by atoms with van der Waals surface area (Å²) in [5, 5.41) is 12.2. The summed E-state index contributed by atoms with van der Waals surface area (Å²) in [7, 11) is 3.70. The number of carbonyl (C=O) groups is 1. The van der Waals surface area contributed by atoms with Crippen molar-refractivity contribution in [2.75, 3.05) is 14.2 Å². The van der Waals surface area contributed by atoms with E-state index in [9.17, 15) is 13.2 Å². The van der Waals surface area contributed by atoms with Crippen molar-refractivity contribution in [2.24, 2.45) is 0 Å². The number of aromatic nitrogens is 2. The molecule has 0 saturated heterocycles. The molecule has 0 amide bonds. The summed E-state index contributed by atoms with van der Waals surface area (Å²) in [6.07, 6.45) is -5.08. The summed E-state index contributed by atoms with van der Waals surface area (Å²) >= 11 is 0. The van der Waals surface area contributed by atoms with Gasteiger partial charge in [-0.05, 0) is 25.6 Å².